The normalized spacial score (nSPS) is 10.8. The predicted molar refractivity (Wildman–Crippen MR) is 87.9 cm³/mol. The summed E-state index contributed by atoms with van der Waals surface area (Å²) in [7, 11) is 0. The highest BCUT2D eigenvalue weighted by Crippen LogP contribution is 2.28. The fourth-order valence-electron chi connectivity index (χ4n) is 1.77. The monoisotopic (exact) mass is 355 g/mol. The maximum Gasteiger partial charge on any atom is 0.292 e. The molecule has 0 spiro atoms. The summed E-state index contributed by atoms with van der Waals surface area (Å²) in [6, 6.07) is 4.17. The van der Waals surface area contributed by atoms with Crippen molar-refractivity contribution in [1.82, 2.24) is 14.8 Å². The van der Waals surface area contributed by atoms with Crippen molar-refractivity contribution >= 4 is 40.6 Å². The lowest BCUT2D eigenvalue weighted by molar-refractivity contribution is -0.383. The summed E-state index contributed by atoms with van der Waals surface area (Å²) in [6.07, 6.45) is 1.59. The number of hydrogen-bond acceptors (Lipinski definition) is 6. The lowest BCUT2D eigenvalue weighted by Crippen LogP contribution is -2.15. The molecular weight excluding hydrogens is 342 g/mol. The smallest absolute Gasteiger partial charge is 0.292 e. The number of benzene rings is 1. The van der Waals surface area contributed by atoms with E-state index in [4.69, 9.17) is 11.6 Å². The first-order valence-corrected chi connectivity index (χ1v) is 8.01. The van der Waals surface area contributed by atoms with Gasteiger partial charge in [0, 0.05) is 17.1 Å². The zero-order valence-corrected chi connectivity index (χ0v) is 14.0. The van der Waals surface area contributed by atoms with E-state index >= 15 is 0 Å². The SMILES string of the molecule is CC(C)n1cnnc1SCC(=O)Nc1cc(Cl)ccc1[N+](=O)[O-]. The molecular formula is C13H14ClN5O3S. The molecule has 10 heteroatoms. The highest BCUT2D eigenvalue weighted by molar-refractivity contribution is 7.99. The van der Waals surface area contributed by atoms with Crippen molar-refractivity contribution in [3.63, 3.8) is 0 Å². The minimum atomic E-state index is -0.575. The lowest BCUT2D eigenvalue weighted by atomic mass is 10.2. The average molecular weight is 356 g/mol. The molecule has 0 fully saturated rings. The van der Waals surface area contributed by atoms with E-state index < -0.39 is 10.8 Å². The third-order valence-corrected chi connectivity index (χ3v) is 4.05. The number of anilines is 1. The summed E-state index contributed by atoms with van der Waals surface area (Å²) >= 11 is 7.02. The van der Waals surface area contributed by atoms with Crippen molar-refractivity contribution in [2.24, 2.45) is 0 Å². The Bertz CT molecular complexity index is 734. The fraction of sp³-hybridized carbons (Fsp3) is 0.308. The largest absolute Gasteiger partial charge is 0.320 e. The van der Waals surface area contributed by atoms with Gasteiger partial charge in [0.2, 0.25) is 5.91 Å². The molecule has 0 saturated heterocycles. The minimum absolute atomic E-state index is 0.0507. The molecule has 1 aromatic heterocycles. The van der Waals surface area contributed by atoms with Gasteiger partial charge in [0.05, 0.1) is 10.7 Å². The third kappa shape index (κ3) is 4.42. The number of hydrogen-bond donors (Lipinski definition) is 1. The van der Waals surface area contributed by atoms with E-state index in [-0.39, 0.29) is 23.2 Å². The van der Waals surface area contributed by atoms with E-state index in [0.29, 0.717) is 10.2 Å². The molecule has 23 heavy (non-hydrogen) atoms. The summed E-state index contributed by atoms with van der Waals surface area (Å²) in [5.41, 5.74) is -0.142. The Balaban J connectivity index is 2.04. The number of thioether (sulfide) groups is 1. The highest BCUT2D eigenvalue weighted by Gasteiger charge is 2.17. The summed E-state index contributed by atoms with van der Waals surface area (Å²) in [6.45, 7) is 3.95. The quantitative estimate of drug-likeness (QED) is 0.485. The number of rotatable bonds is 6. The zero-order valence-electron chi connectivity index (χ0n) is 12.4. The van der Waals surface area contributed by atoms with Crippen molar-refractivity contribution in [3.8, 4) is 0 Å². The molecule has 0 saturated carbocycles. The molecule has 122 valence electrons. The van der Waals surface area contributed by atoms with Gasteiger partial charge in [0.25, 0.3) is 5.69 Å². The van der Waals surface area contributed by atoms with Crippen LogP contribution in [-0.2, 0) is 4.79 Å². The molecule has 2 aromatic rings. The van der Waals surface area contributed by atoms with Crippen LogP contribution in [0.2, 0.25) is 5.02 Å². The summed E-state index contributed by atoms with van der Waals surface area (Å²) in [4.78, 5) is 22.4. The first-order chi connectivity index (χ1) is 10.9. The Morgan fingerprint density at radius 1 is 1.52 bits per heavy atom. The number of halogens is 1. The third-order valence-electron chi connectivity index (χ3n) is 2.86. The van der Waals surface area contributed by atoms with Crippen LogP contribution in [0.3, 0.4) is 0 Å². The highest BCUT2D eigenvalue weighted by atomic mass is 35.5. The van der Waals surface area contributed by atoms with Gasteiger partial charge in [-0.3, -0.25) is 14.9 Å². The average Bonchev–Trinajstić information content (AvgIpc) is 2.93. The summed E-state index contributed by atoms with van der Waals surface area (Å²) in [5, 5.41) is 22.1. The van der Waals surface area contributed by atoms with E-state index in [0.717, 1.165) is 0 Å². The number of aromatic nitrogens is 3. The van der Waals surface area contributed by atoms with Gasteiger partial charge in [0.15, 0.2) is 5.16 Å². The Hall–Kier alpha value is -2.13. The second kappa shape index (κ2) is 7.42. The molecule has 0 aliphatic rings. The summed E-state index contributed by atoms with van der Waals surface area (Å²) < 4.78 is 1.83. The van der Waals surface area contributed by atoms with Gasteiger partial charge in [-0.05, 0) is 26.0 Å². The van der Waals surface area contributed by atoms with Gasteiger partial charge in [-0.15, -0.1) is 10.2 Å². The molecule has 1 amide bonds. The maximum absolute atomic E-state index is 12.0. The maximum atomic E-state index is 12.0. The molecule has 0 atom stereocenters. The number of nitro benzene ring substituents is 1. The van der Waals surface area contributed by atoms with E-state index in [1.54, 1.807) is 6.33 Å². The van der Waals surface area contributed by atoms with Crippen LogP contribution in [-0.4, -0.2) is 31.3 Å². The second-order valence-electron chi connectivity index (χ2n) is 4.87. The first-order valence-electron chi connectivity index (χ1n) is 6.64. The number of amides is 1. The Morgan fingerprint density at radius 2 is 2.26 bits per heavy atom. The van der Waals surface area contributed by atoms with Crippen LogP contribution in [0.1, 0.15) is 19.9 Å². The molecule has 8 nitrogen and oxygen atoms in total. The van der Waals surface area contributed by atoms with Gasteiger partial charge >= 0.3 is 0 Å². The number of nitrogens with zero attached hydrogens (tertiary/aromatic N) is 4. The lowest BCUT2D eigenvalue weighted by Gasteiger charge is -2.09. The number of nitrogens with one attached hydrogen (secondary N) is 1. The first kappa shape index (κ1) is 17.2. The second-order valence-corrected chi connectivity index (χ2v) is 6.25. The van der Waals surface area contributed by atoms with Crippen LogP contribution in [0.5, 0.6) is 0 Å². The topological polar surface area (TPSA) is 103 Å². The van der Waals surface area contributed by atoms with Crippen molar-refractivity contribution in [3.05, 3.63) is 39.7 Å². The van der Waals surface area contributed by atoms with E-state index in [1.807, 2.05) is 18.4 Å². The van der Waals surface area contributed by atoms with E-state index in [9.17, 15) is 14.9 Å². The molecule has 0 unspecified atom stereocenters. The van der Waals surface area contributed by atoms with Gasteiger partial charge in [-0.2, -0.15) is 0 Å². The van der Waals surface area contributed by atoms with Gasteiger partial charge < -0.3 is 9.88 Å². The van der Waals surface area contributed by atoms with Crippen LogP contribution >= 0.6 is 23.4 Å². The Morgan fingerprint density at radius 3 is 2.91 bits per heavy atom. The molecule has 1 N–H and O–H groups in total. The number of carbonyl (C=O) groups is 1. The van der Waals surface area contributed by atoms with Crippen LogP contribution in [0.4, 0.5) is 11.4 Å². The molecule has 0 bridgehead atoms. The summed E-state index contributed by atoms with van der Waals surface area (Å²) in [5.74, 6) is -0.339. The molecule has 0 aliphatic carbocycles. The van der Waals surface area contributed by atoms with Crippen molar-refractivity contribution in [2.45, 2.75) is 25.0 Å². The predicted octanol–water partition coefficient (Wildman–Crippen LogP) is 3.15. The molecule has 1 aromatic carbocycles. The van der Waals surface area contributed by atoms with Crippen LogP contribution in [0.25, 0.3) is 0 Å². The zero-order chi connectivity index (χ0) is 17.0. The molecule has 0 radical (unpaired) electrons. The van der Waals surface area contributed by atoms with Crippen molar-refractivity contribution in [2.75, 3.05) is 11.1 Å². The van der Waals surface area contributed by atoms with Crippen LogP contribution in [0, 0.1) is 10.1 Å². The van der Waals surface area contributed by atoms with Gasteiger partial charge in [-0.25, -0.2) is 0 Å². The standard InChI is InChI=1S/C13H14ClN5O3S/c1-8(2)18-7-15-17-13(18)23-6-12(20)16-10-5-9(14)3-4-11(10)19(21)22/h3-5,7-8H,6H2,1-2H3,(H,16,20). The molecule has 1 heterocycles. The van der Waals surface area contributed by atoms with Crippen molar-refractivity contribution < 1.29 is 9.72 Å². The van der Waals surface area contributed by atoms with E-state index in [1.165, 1.54) is 30.0 Å². The van der Waals surface area contributed by atoms with Crippen LogP contribution in [0.15, 0.2) is 29.7 Å². The Labute approximate surface area is 141 Å². The fourth-order valence-corrected chi connectivity index (χ4v) is 2.79. The molecule has 0 aliphatic heterocycles. The van der Waals surface area contributed by atoms with Crippen LogP contribution < -0.4 is 5.32 Å². The number of nitro groups is 1. The van der Waals surface area contributed by atoms with Gasteiger partial charge in [0.1, 0.15) is 12.0 Å². The van der Waals surface area contributed by atoms with Gasteiger partial charge in [-0.1, -0.05) is 23.4 Å². The van der Waals surface area contributed by atoms with Crippen molar-refractivity contribution in [1.29, 1.82) is 0 Å². The number of carbonyl (C=O) groups excluding carboxylic acids is 1. The van der Waals surface area contributed by atoms with E-state index in [2.05, 4.69) is 15.5 Å². The molecule has 2 rings (SSSR count). The minimum Gasteiger partial charge on any atom is -0.320 e. The Kier molecular flexibility index (Phi) is 5.56.